The lowest BCUT2D eigenvalue weighted by atomic mass is 10.2. The van der Waals surface area contributed by atoms with Gasteiger partial charge in [0.2, 0.25) is 5.91 Å². The van der Waals surface area contributed by atoms with Gasteiger partial charge < -0.3 is 5.32 Å². The van der Waals surface area contributed by atoms with E-state index in [2.05, 4.69) is 31.4 Å². The van der Waals surface area contributed by atoms with Crippen LogP contribution in [0.2, 0.25) is 0 Å². The Balaban J connectivity index is 1.70. The number of aryl methyl sites for hydroxylation is 2. The number of nitrogens with zero attached hydrogens (tertiary/aromatic N) is 4. The Kier molecular flexibility index (Phi) is 5.03. The molecule has 2 heterocycles. The maximum Gasteiger partial charge on any atom is 0.246 e. The Morgan fingerprint density at radius 2 is 2.00 bits per heavy atom. The lowest BCUT2D eigenvalue weighted by molar-refractivity contribution is -0.116. The van der Waals surface area contributed by atoms with Crippen LogP contribution in [0.4, 0.5) is 5.69 Å². The second-order valence-electron chi connectivity index (χ2n) is 6.02. The number of nitrogens with one attached hydrogen (secondary N) is 1. The number of benzene rings is 1. The van der Waals surface area contributed by atoms with Crippen molar-refractivity contribution in [2.45, 2.75) is 33.9 Å². The SMILES string of the molecule is Cc1nn(Cc2cccc(NC(=O)Cn3nccc3C)c2)c(C)c1Br. The number of hydrogen-bond acceptors (Lipinski definition) is 3. The third kappa shape index (κ3) is 3.99. The van der Waals surface area contributed by atoms with Crippen molar-refractivity contribution < 1.29 is 4.79 Å². The molecule has 0 fully saturated rings. The number of halogens is 1. The van der Waals surface area contributed by atoms with Crippen LogP contribution in [0.15, 0.2) is 41.0 Å². The van der Waals surface area contributed by atoms with Gasteiger partial charge in [0.05, 0.1) is 22.4 Å². The monoisotopic (exact) mass is 401 g/mol. The van der Waals surface area contributed by atoms with E-state index < -0.39 is 0 Å². The summed E-state index contributed by atoms with van der Waals surface area (Å²) in [6.07, 6.45) is 1.69. The molecular formula is C18H20BrN5O. The molecule has 0 atom stereocenters. The third-order valence-electron chi connectivity index (χ3n) is 4.06. The van der Waals surface area contributed by atoms with Gasteiger partial charge in [-0.2, -0.15) is 10.2 Å². The minimum atomic E-state index is -0.0993. The van der Waals surface area contributed by atoms with Gasteiger partial charge in [-0.1, -0.05) is 12.1 Å². The van der Waals surface area contributed by atoms with Crippen LogP contribution in [0.3, 0.4) is 0 Å². The van der Waals surface area contributed by atoms with E-state index in [0.717, 1.165) is 32.8 Å². The lowest BCUT2D eigenvalue weighted by Crippen LogP contribution is -2.20. The van der Waals surface area contributed by atoms with E-state index >= 15 is 0 Å². The molecule has 7 heteroatoms. The fourth-order valence-electron chi connectivity index (χ4n) is 2.65. The molecule has 0 bridgehead atoms. The van der Waals surface area contributed by atoms with Gasteiger partial charge in [0.15, 0.2) is 0 Å². The van der Waals surface area contributed by atoms with Crippen LogP contribution in [0.5, 0.6) is 0 Å². The molecule has 0 saturated heterocycles. The largest absolute Gasteiger partial charge is 0.324 e. The van der Waals surface area contributed by atoms with Crippen molar-refractivity contribution in [3.63, 3.8) is 0 Å². The summed E-state index contributed by atoms with van der Waals surface area (Å²) < 4.78 is 4.66. The Morgan fingerprint density at radius 1 is 1.20 bits per heavy atom. The van der Waals surface area contributed by atoms with Crippen molar-refractivity contribution in [3.05, 3.63) is 63.6 Å². The summed E-state index contributed by atoms with van der Waals surface area (Å²) in [6.45, 7) is 6.78. The summed E-state index contributed by atoms with van der Waals surface area (Å²) in [7, 11) is 0. The molecule has 0 aliphatic heterocycles. The summed E-state index contributed by atoms with van der Waals surface area (Å²) in [4.78, 5) is 12.2. The number of aromatic nitrogens is 4. The fourth-order valence-corrected chi connectivity index (χ4v) is 2.93. The summed E-state index contributed by atoms with van der Waals surface area (Å²) in [5.74, 6) is -0.0993. The molecule has 0 saturated carbocycles. The van der Waals surface area contributed by atoms with Crippen molar-refractivity contribution in [1.29, 1.82) is 0 Å². The van der Waals surface area contributed by atoms with E-state index in [-0.39, 0.29) is 12.5 Å². The molecule has 3 aromatic rings. The van der Waals surface area contributed by atoms with Gasteiger partial charge in [0.25, 0.3) is 0 Å². The zero-order chi connectivity index (χ0) is 18.0. The van der Waals surface area contributed by atoms with Crippen LogP contribution in [0.1, 0.15) is 22.6 Å². The van der Waals surface area contributed by atoms with Gasteiger partial charge in [-0.05, 0) is 60.5 Å². The van der Waals surface area contributed by atoms with Gasteiger partial charge in [0.1, 0.15) is 6.54 Å². The summed E-state index contributed by atoms with van der Waals surface area (Å²) in [6, 6.07) is 9.69. The van der Waals surface area contributed by atoms with Gasteiger partial charge >= 0.3 is 0 Å². The van der Waals surface area contributed by atoms with Crippen LogP contribution < -0.4 is 5.32 Å². The molecule has 130 valence electrons. The van der Waals surface area contributed by atoms with Gasteiger partial charge in [-0.25, -0.2) is 0 Å². The number of anilines is 1. The number of hydrogen-bond donors (Lipinski definition) is 1. The molecule has 6 nitrogen and oxygen atoms in total. The van der Waals surface area contributed by atoms with Crippen molar-refractivity contribution in [2.24, 2.45) is 0 Å². The van der Waals surface area contributed by atoms with E-state index in [4.69, 9.17) is 0 Å². The maximum absolute atomic E-state index is 12.2. The predicted octanol–water partition coefficient (Wildman–Crippen LogP) is 3.45. The smallest absolute Gasteiger partial charge is 0.246 e. The highest BCUT2D eigenvalue weighted by Gasteiger charge is 2.10. The molecule has 0 aliphatic rings. The van der Waals surface area contributed by atoms with Crippen molar-refractivity contribution in [2.75, 3.05) is 5.32 Å². The second-order valence-corrected chi connectivity index (χ2v) is 6.81. The van der Waals surface area contributed by atoms with E-state index in [9.17, 15) is 4.79 Å². The van der Waals surface area contributed by atoms with Crippen LogP contribution in [0.25, 0.3) is 0 Å². The highest BCUT2D eigenvalue weighted by atomic mass is 79.9. The first-order chi connectivity index (χ1) is 11.9. The molecule has 1 N–H and O–H groups in total. The van der Waals surface area contributed by atoms with Crippen LogP contribution in [-0.4, -0.2) is 25.5 Å². The predicted molar refractivity (Wildman–Crippen MR) is 101 cm³/mol. The van der Waals surface area contributed by atoms with Crippen LogP contribution in [0, 0.1) is 20.8 Å². The van der Waals surface area contributed by atoms with E-state index in [1.54, 1.807) is 10.9 Å². The first-order valence-corrected chi connectivity index (χ1v) is 8.80. The molecule has 1 aromatic carbocycles. The number of amides is 1. The van der Waals surface area contributed by atoms with Crippen molar-refractivity contribution >= 4 is 27.5 Å². The van der Waals surface area contributed by atoms with E-state index in [1.165, 1.54) is 0 Å². The molecule has 1 amide bonds. The highest BCUT2D eigenvalue weighted by molar-refractivity contribution is 9.10. The molecule has 0 spiro atoms. The topological polar surface area (TPSA) is 64.7 Å². The van der Waals surface area contributed by atoms with Crippen molar-refractivity contribution in [3.8, 4) is 0 Å². The van der Waals surface area contributed by atoms with Gasteiger partial charge in [-0.3, -0.25) is 14.2 Å². The van der Waals surface area contributed by atoms with Gasteiger partial charge in [0, 0.05) is 17.6 Å². The molecular weight excluding hydrogens is 382 g/mol. The minimum absolute atomic E-state index is 0.0993. The Labute approximate surface area is 155 Å². The average molecular weight is 402 g/mol. The zero-order valence-electron chi connectivity index (χ0n) is 14.5. The number of carbonyl (C=O) groups is 1. The van der Waals surface area contributed by atoms with Crippen LogP contribution >= 0.6 is 15.9 Å². The zero-order valence-corrected chi connectivity index (χ0v) is 16.0. The molecule has 0 unspecified atom stereocenters. The molecule has 25 heavy (non-hydrogen) atoms. The quantitative estimate of drug-likeness (QED) is 0.711. The number of rotatable bonds is 5. The molecule has 0 aliphatic carbocycles. The van der Waals surface area contributed by atoms with Crippen molar-refractivity contribution in [1.82, 2.24) is 19.6 Å². The summed E-state index contributed by atoms with van der Waals surface area (Å²) >= 11 is 3.55. The summed E-state index contributed by atoms with van der Waals surface area (Å²) in [5, 5.41) is 11.6. The minimum Gasteiger partial charge on any atom is -0.324 e. The average Bonchev–Trinajstić information content (AvgIpc) is 3.07. The molecule has 2 aromatic heterocycles. The molecule has 3 rings (SSSR count). The number of carbonyl (C=O) groups excluding carboxylic acids is 1. The second kappa shape index (κ2) is 7.23. The Bertz CT molecular complexity index is 912. The first kappa shape index (κ1) is 17.4. The first-order valence-electron chi connectivity index (χ1n) is 8.01. The fraction of sp³-hybridized carbons (Fsp3) is 0.278. The Morgan fingerprint density at radius 3 is 2.64 bits per heavy atom. The maximum atomic E-state index is 12.2. The normalized spacial score (nSPS) is 10.9. The summed E-state index contributed by atoms with van der Waals surface area (Å²) in [5.41, 5.74) is 4.86. The standard InChI is InChI=1S/C18H20BrN5O/c1-12-7-8-20-23(12)11-17(25)21-16-6-4-5-15(9-16)10-24-14(3)18(19)13(2)22-24/h4-9H,10-11H2,1-3H3,(H,21,25). The third-order valence-corrected chi connectivity index (χ3v) is 5.21. The van der Waals surface area contributed by atoms with E-state index in [1.807, 2.05) is 55.8 Å². The lowest BCUT2D eigenvalue weighted by Gasteiger charge is -2.09. The van der Waals surface area contributed by atoms with Gasteiger partial charge in [-0.15, -0.1) is 0 Å². The highest BCUT2D eigenvalue weighted by Crippen LogP contribution is 2.21. The Hall–Kier alpha value is -2.41. The van der Waals surface area contributed by atoms with E-state index in [0.29, 0.717) is 6.54 Å². The molecule has 0 radical (unpaired) electrons. The van der Waals surface area contributed by atoms with Crippen LogP contribution in [-0.2, 0) is 17.9 Å².